The van der Waals surface area contributed by atoms with E-state index in [0.29, 0.717) is 11.1 Å². The Hall–Kier alpha value is -3.65. The Morgan fingerprint density at radius 1 is 1.03 bits per heavy atom. The van der Waals surface area contributed by atoms with Crippen LogP contribution >= 0.6 is 0 Å². The Balaban J connectivity index is 1.44. The molecule has 4 rings (SSSR count). The molecule has 0 radical (unpaired) electrons. The van der Waals surface area contributed by atoms with Gasteiger partial charge in [0.05, 0.1) is 17.6 Å². The Kier molecular flexibility index (Phi) is 5.71. The molecule has 0 aliphatic rings. The average molecular weight is 450 g/mol. The van der Waals surface area contributed by atoms with Crippen molar-refractivity contribution in [1.82, 2.24) is 14.9 Å². The quantitative estimate of drug-likeness (QED) is 0.451. The molecule has 164 valence electrons. The molecule has 0 saturated heterocycles. The van der Waals surface area contributed by atoms with Gasteiger partial charge in [-0.1, -0.05) is 24.3 Å². The van der Waals surface area contributed by atoms with Crippen molar-refractivity contribution in [3.05, 3.63) is 89.2 Å². The molecule has 32 heavy (non-hydrogen) atoms. The fourth-order valence-corrected chi connectivity index (χ4v) is 4.67. The third-order valence-corrected chi connectivity index (χ3v) is 6.61. The van der Waals surface area contributed by atoms with Gasteiger partial charge in [0.1, 0.15) is 16.5 Å². The van der Waals surface area contributed by atoms with Crippen LogP contribution in [0.4, 0.5) is 0 Å². The van der Waals surface area contributed by atoms with Gasteiger partial charge in [0.25, 0.3) is 5.91 Å². The predicted octanol–water partition coefficient (Wildman–Crippen LogP) is 3.89. The lowest BCUT2D eigenvalue weighted by Crippen LogP contribution is -2.24. The number of para-hydroxylation sites is 2. The number of hydrogen-bond acceptors (Lipinski definition) is 5. The summed E-state index contributed by atoms with van der Waals surface area (Å²) in [6, 6.07) is 18.9. The number of rotatable bonds is 6. The van der Waals surface area contributed by atoms with Crippen molar-refractivity contribution < 1.29 is 17.4 Å². The van der Waals surface area contributed by atoms with Crippen LogP contribution < -0.4 is 9.50 Å². The second kappa shape index (κ2) is 8.47. The Labute approximate surface area is 186 Å². The van der Waals surface area contributed by atoms with Gasteiger partial charge in [0.2, 0.25) is 0 Å². The summed E-state index contributed by atoms with van der Waals surface area (Å²) >= 11 is 0. The summed E-state index contributed by atoms with van der Waals surface area (Å²) in [7, 11) is -2.07. The Morgan fingerprint density at radius 2 is 1.75 bits per heavy atom. The first-order valence-corrected chi connectivity index (χ1v) is 11.5. The maximum absolute atomic E-state index is 12.6. The molecule has 7 nitrogen and oxygen atoms in total. The van der Waals surface area contributed by atoms with Gasteiger partial charge >= 0.3 is 10.1 Å². The molecule has 0 fully saturated rings. The minimum atomic E-state index is -3.98. The molecule has 0 spiro atoms. The standard InChI is InChI=1S/C24H23N3O4S/c1-16-8-9-17(2)22(14-16)32(29,30)31-19-12-10-18(11-13-19)24(28)25-15-23-26-20-6-4-5-7-21(20)27(23)3/h4-14H,15H2,1-3H3,(H,25,28). The minimum Gasteiger partial charge on any atom is -0.379 e. The topological polar surface area (TPSA) is 90.3 Å². The van der Waals surface area contributed by atoms with Crippen molar-refractivity contribution in [2.75, 3.05) is 0 Å². The monoisotopic (exact) mass is 449 g/mol. The number of fused-ring (bicyclic) bond motifs is 1. The van der Waals surface area contributed by atoms with E-state index in [9.17, 15) is 13.2 Å². The number of nitrogens with zero attached hydrogens (tertiary/aromatic N) is 2. The van der Waals surface area contributed by atoms with Gasteiger partial charge in [-0.3, -0.25) is 4.79 Å². The maximum Gasteiger partial charge on any atom is 0.339 e. The summed E-state index contributed by atoms with van der Waals surface area (Å²) in [6.45, 7) is 3.80. The van der Waals surface area contributed by atoms with Crippen LogP contribution in [0.3, 0.4) is 0 Å². The van der Waals surface area contributed by atoms with E-state index in [1.807, 2.05) is 48.9 Å². The van der Waals surface area contributed by atoms with Crippen molar-refractivity contribution in [3.63, 3.8) is 0 Å². The van der Waals surface area contributed by atoms with E-state index >= 15 is 0 Å². The first-order valence-electron chi connectivity index (χ1n) is 10.0. The smallest absolute Gasteiger partial charge is 0.339 e. The van der Waals surface area contributed by atoms with Crippen LogP contribution in [-0.4, -0.2) is 23.9 Å². The summed E-state index contributed by atoms with van der Waals surface area (Å²) in [6.07, 6.45) is 0. The minimum absolute atomic E-state index is 0.127. The molecule has 0 bridgehead atoms. The largest absolute Gasteiger partial charge is 0.379 e. The highest BCUT2D eigenvalue weighted by molar-refractivity contribution is 7.87. The third kappa shape index (κ3) is 4.36. The maximum atomic E-state index is 12.6. The van der Waals surface area contributed by atoms with Gasteiger partial charge in [0, 0.05) is 12.6 Å². The number of carbonyl (C=O) groups excluding carboxylic acids is 1. The molecule has 1 amide bonds. The van der Waals surface area contributed by atoms with E-state index in [1.165, 1.54) is 24.3 Å². The molecule has 1 heterocycles. The molecule has 4 aromatic rings. The number of imidazole rings is 1. The molecule has 1 N–H and O–H groups in total. The van der Waals surface area contributed by atoms with Gasteiger partial charge < -0.3 is 14.1 Å². The number of aryl methyl sites for hydroxylation is 3. The average Bonchev–Trinajstić information content (AvgIpc) is 3.09. The molecule has 0 aliphatic heterocycles. The molecular formula is C24H23N3O4S. The highest BCUT2D eigenvalue weighted by Crippen LogP contribution is 2.23. The fraction of sp³-hybridized carbons (Fsp3) is 0.167. The Bertz CT molecular complexity index is 1410. The van der Waals surface area contributed by atoms with Crippen molar-refractivity contribution in [3.8, 4) is 5.75 Å². The van der Waals surface area contributed by atoms with Gasteiger partial charge in [0.15, 0.2) is 0 Å². The summed E-state index contributed by atoms with van der Waals surface area (Å²) in [5.74, 6) is 0.581. The number of aromatic nitrogens is 2. The zero-order valence-electron chi connectivity index (χ0n) is 18.0. The van der Waals surface area contributed by atoms with Crippen LogP contribution in [-0.2, 0) is 23.7 Å². The summed E-state index contributed by atoms with van der Waals surface area (Å²) in [5, 5.41) is 2.84. The van der Waals surface area contributed by atoms with Crippen LogP contribution in [0.2, 0.25) is 0 Å². The van der Waals surface area contributed by atoms with E-state index in [-0.39, 0.29) is 23.1 Å². The first kappa shape index (κ1) is 21.6. The van der Waals surface area contributed by atoms with Crippen LogP contribution in [0.5, 0.6) is 5.75 Å². The van der Waals surface area contributed by atoms with Crippen molar-refractivity contribution in [2.24, 2.45) is 7.05 Å². The first-order chi connectivity index (χ1) is 15.2. The van der Waals surface area contributed by atoms with Crippen LogP contribution in [0, 0.1) is 13.8 Å². The molecule has 1 aromatic heterocycles. The molecule has 0 unspecified atom stereocenters. The van der Waals surface area contributed by atoms with Crippen LogP contribution in [0.1, 0.15) is 27.3 Å². The second-order valence-electron chi connectivity index (χ2n) is 7.59. The second-order valence-corrected chi connectivity index (χ2v) is 9.10. The summed E-state index contributed by atoms with van der Waals surface area (Å²) in [5.41, 5.74) is 3.67. The third-order valence-electron chi connectivity index (χ3n) is 5.22. The van der Waals surface area contributed by atoms with E-state index in [1.54, 1.807) is 19.1 Å². The molecule has 8 heteroatoms. The molecule has 0 aliphatic carbocycles. The lowest BCUT2D eigenvalue weighted by molar-refractivity contribution is 0.0949. The number of nitrogens with one attached hydrogen (secondary N) is 1. The normalized spacial score (nSPS) is 11.5. The van der Waals surface area contributed by atoms with Crippen molar-refractivity contribution in [1.29, 1.82) is 0 Å². The van der Waals surface area contributed by atoms with Gasteiger partial charge in [-0.25, -0.2) is 4.98 Å². The van der Waals surface area contributed by atoms with E-state index in [2.05, 4.69) is 10.3 Å². The van der Waals surface area contributed by atoms with Gasteiger partial charge in [-0.15, -0.1) is 0 Å². The van der Waals surface area contributed by atoms with E-state index < -0.39 is 10.1 Å². The summed E-state index contributed by atoms with van der Waals surface area (Å²) < 4.78 is 32.5. The highest BCUT2D eigenvalue weighted by Gasteiger charge is 2.20. The zero-order chi connectivity index (χ0) is 22.9. The molecule has 0 atom stereocenters. The summed E-state index contributed by atoms with van der Waals surface area (Å²) in [4.78, 5) is 17.2. The number of carbonyl (C=O) groups is 1. The number of benzene rings is 3. The van der Waals surface area contributed by atoms with Gasteiger partial charge in [-0.2, -0.15) is 8.42 Å². The molecule has 3 aromatic carbocycles. The lowest BCUT2D eigenvalue weighted by Gasteiger charge is -2.11. The van der Waals surface area contributed by atoms with Gasteiger partial charge in [-0.05, 0) is 67.4 Å². The SMILES string of the molecule is Cc1ccc(C)c(S(=O)(=O)Oc2ccc(C(=O)NCc3nc4ccccc4n3C)cc2)c1. The lowest BCUT2D eigenvalue weighted by atomic mass is 10.2. The molecule has 0 saturated carbocycles. The van der Waals surface area contributed by atoms with Crippen molar-refractivity contribution in [2.45, 2.75) is 25.3 Å². The number of hydrogen-bond donors (Lipinski definition) is 1. The predicted molar refractivity (Wildman–Crippen MR) is 122 cm³/mol. The fourth-order valence-electron chi connectivity index (χ4n) is 3.43. The highest BCUT2D eigenvalue weighted by atomic mass is 32.2. The molecular weight excluding hydrogens is 426 g/mol. The van der Waals surface area contributed by atoms with E-state index in [4.69, 9.17) is 4.18 Å². The Morgan fingerprint density at radius 3 is 2.47 bits per heavy atom. The number of amides is 1. The zero-order valence-corrected chi connectivity index (χ0v) is 18.8. The van der Waals surface area contributed by atoms with Crippen LogP contribution in [0.25, 0.3) is 11.0 Å². The van der Waals surface area contributed by atoms with Crippen LogP contribution in [0.15, 0.2) is 71.6 Å². The van der Waals surface area contributed by atoms with Crippen molar-refractivity contribution >= 4 is 27.1 Å². The van der Waals surface area contributed by atoms with E-state index in [0.717, 1.165) is 22.4 Å².